The Bertz CT molecular complexity index is 683. The molecule has 0 fully saturated rings. The second-order valence-electron chi connectivity index (χ2n) is 5.54. The maximum absolute atomic E-state index is 2.31. The first kappa shape index (κ1) is 13.6. The van der Waals surface area contributed by atoms with Gasteiger partial charge < -0.3 is 0 Å². The van der Waals surface area contributed by atoms with Crippen molar-refractivity contribution in [1.29, 1.82) is 0 Å². The minimum absolute atomic E-state index is 0.504. The van der Waals surface area contributed by atoms with E-state index >= 15 is 0 Å². The predicted octanol–water partition coefficient (Wildman–Crippen LogP) is 5.70. The van der Waals surface area contributed by atoms with Crippen LogP contribution in [0, 0.1) is 0 Å². The highest BCUT2D eigenvalue weighted by Gasteiger charge is 2.12. The first-order valence-corrected chi connectivity index (χ1v) is 7.53. The quantitative estimate of drug-likeness (QED) is 0.571. The molecule has 3 aromatic carbocycles. The molecule has 3 aromatic rings. The molecule has 0 saturated carbocycles. The van der Waals surface area contributed by atoms with Crippen molar-refractivity contribution in [2.24, 2.45) is 0 Å². The summed E-state index contributed by atoms with van der Waals surface area (Å²) in [6, 6.07) is 30.1. The fourth-order valence-corrected chi connectivity index (χ4v) is 2.88. The summed E-state index contributed by atoms with van der Waals surface area (Å²) in [6.45, 7) is 2.31. The SMILES string of the molecule is CC(Cc1ccccc1)c1ccccc1-c1ccccc1. The Labute approximate surface area is 127 Å². The van der Waals surface area contributed by atoms with Crippen LogP contribution in [-0.4, -0.2) is 0 Å². The Balaban J connectivity index is 1.92. The summed E-state index contributed by atoms with van der Waals surface area (Å²) in [4.78, 5) is 0. The van der Waals surface area contributed by atoms with Crippen LogP contribution < -0.4 is 0 Å². The molecule has 0 aromatic heterocycles. The Hall–Kier alpha value is -2.34. The third-order valence-corrected chi connectivity index (χ3v) is 3.96. The molecule has 0 aliphatic heterocycles. The fourth-order valence-electron chi connectivity index (χ4n) is 2.88. The first-order chi connectivity index (χ1) is 10.3. The fraction of sp³-hybridized carbons (Fsp3) is 0.143. The maximum atomic E-state index is 2.31. The van der Waals surface area contributed by atoms with Gasteiger partial charge in [-0.25, -0.2) is 0 Å². The summed E-state index contributed by atoms with van der Waals surface area (Å²) in [6.07, 6.45) is 1.07. The summed E-state index contributed by atoms with van der Waals surface area (Å²) in [5.74, 6) is 0.504. The molecule has 0 heterocycles. The normalized spacial score (nSPS) is 12.0. The van der Waals surface area contributed by atoms with E-state index in [0.29, 0.717) is 5.92 Å². The van der Waals surface area contributed by atoms with Gasteiger partial charge in [-0.05, 0) is 34.6 Å². The highest BCUT2D eigenvalue weighted by atomic mass is 14.2. The van der Waals surface area contributed by atoms with Crippen LogP contribution in [0.4, 0.5) is 0 Å². The highest BCUT2D eigenvalue weighted by Crippen LogP contribution is 2.30. The average molecular weight is 272 g/mol. The van der Waals surface area contributed by atoms with E-state index in [-0.39, 0.29) is 0 Å². The molecule has 21 heavy (non-hydrogen) atoms. The molecule has 3 rings (SSSR count). The van der Waals surface area contributed by atoms with Crippen LogP contribution in [0.2, 0.25) is 0 Å². The van der Waals surface area contributed by atoms with E-state index in [2.05, 4.69) is 91.9 Å². The van der Waals surface area contributed by atoms with Gasteiger partial charge in [-0.1, -0.05) is 91.9 Å². The van der Waals surface area contributed by atoms with E-state index in [9.17, 15) is 0 Å². The minimum atomic E-state index is 0.504. The third kappa shape index (κ3) is 3.22. The summed E-state index contributed by atoms with van der Waals surface area (Å²) in [5, 5.41) is 0. The molecule has 1 atom stereocenters. The van der Waals surface area contributed by atoms with Crippen LogP contribution in [0.5, 0.6) is 0 Å². The van der Waals surface area contributed by atoms with Crippen LogP contribution >= 0.6 is 0 Å². The topological polar surface area (TPSA) is 0 Å². The molecule has 0 saturated heterocycles. The molecule has 0 amide bonds. The van der Waals surface area contributed by atoms with Crippen molar-refractivity contribution in [2.75, 3.05) is 0 Å². The molecule has 0 N–H and O–H groups in total. The van der Waals surface area contributed by atoms with Crippen molar-refractivity contribution >= 4 is 0 Å². The minimum Gasteiger partial charge on any atom is -0.0622 e. The summed E-state index contributed by atoms with van der Waals surface area (Å²) in [7, 11) is 0. The lowest BCUT2D eigenvalue weighted by atomic mass is 9.88. The average Bonchev–Trinajstić information content (AvgIpc) is 2.56. The van der Waals surface area contributed by atoms with Gasteiger partial charge in [0, 0.05) is 0 Å². The number of benzene rings is 3. The van der Waals surface area contributed by atoms with Crippen molar-refractivity contribution in [3.63, 3.8) is 0 Å². The summed E-state index contributed by atoms with van der Waals surface area (Å²) < 4.78 is 0. The summed E-state index contributed by atoms with van der Waals surface area (Å²) >= 11 is 0. The van der Waals surface area contributed by atoms with Gasteiger partial charge in [0.2, 0.25) is 0 Å². The molecule has 0 radical (unpaired) electrons. The van der Waals surface area contributed by atoms with Gasteiger partial charge in [-0.15, -0.1) is 0 Å². The molecule has 0 aliphatic rings. The molecule has 0 bridgehead atoms. The molecule has 1 unspecified atom stereocenters. The van der Waals surface area contributed by atoms with Gasteiger partial charge in [-0.2, -0.15) is 0 Å². The second-order valence-corrected chi connectivity index (χ2v) is 5.54. The monoisotopic (exact) mass is 272 g/mol. The van der Waals surface area contributed by atoms with Crippen LogP contribution in [0.15, 0.2) is 84.9 Å². The van der Waals surface area contributed by atoms with E-state index < -0.39 is 0 Å². The van der Waals surface area contributed by atoms with Crippen LogP contribution in [-0.2, 0) is 6.42 Å². The molecule has 0 heteroatoms. The Kier molecular flexibility index (Phi) is 4.16. The zero-order valence-corrected chi connectivity index (χ0v) is 12.4. The molecule has 104 valence electrons. The van der Waals surface area contributed by atoms with Gasteiger partial charge in [0.1, 0.15) is 0 Å². The lowest BCUT2D eigenvalue weighted by Crippen LogP contribution is -2.00. The molecular weight excluding hydrogens is 252 g/mol. The first-order valence-electron chi connectivity index (χ1n) is 7.53. The molecular formula is C21H20. The van der Waals surface area contributed by atoms with E-state index in [1.54, 1.807) is 0 Å². The number of rotatable bonds is 4. The van der Waals surface area contributed by atoms with Crippen LogP contribution in [0.3, 0.4) is 0 Å². The van der Waals surface area contributed by atoms with Crippen LogP contribution in [0.1, 0.15) is 24.0 Å². The van der Waals surface area contributed by atoms with Crippen LogP contribution in [0.25, 0.3) is 11.1 Å². The largest absolute Gasteiger partial charge is 0.0622 e. The number of hydrogen-bond acceptors (Lipinski definition) is 0. The van der Waals surface area contributed by atoms with Gasteiger partial charge in [0.05, 0.1) is 0 Å². The van der Waals surface area contributed by atoms with E-state index in [4.69, 9.17) is 0 Å². The Morgan fingerprint density at radius 3 is 1.95 bits per heavy atom. The van der Waals surface area contributed by atoms with Crippen molar-refractivity contribution in [2.45, 2.75) is 19.3 Å². The van der Waals surface area contributed by atoms with Gasteiger partial charge in [0.25, 0.3) is 0 Å². The highest BCUT2D eigenvalue weighted by molar-refractivity contribution is 5.68. The van der Waals surface area contributed by atoms with Crippen molar-refractivity contribution in [3.8, 4) is 11.1 Å². The Morgan fingerprint density at radius 2 is 1.24 bits per heavy atom. The number of hydrogen-bond donors (Lipinski definition) is 0. The molecule has 0 aliphatic carbocycles. The van der Waals surface area contributed by atoms with Crippen molar-refractivity contribution in [3.05, 3.63) is 96.1 Å². The summed E-state index contributed by atoms with van der Waals surface area (Å²) in [5.41, 5.74) is 5.47. The standard InChI is InChI=1S/C21H20/c1-17(16-18-10-4-2-5-11-18)20-14-8-9-15-21(20)19-12-6-3-7-13-19/h2-15,17H,16H2,1H3. The zero-order chi connectivity index (χ0) is 14.5. The van der Waals surface area contributed by atoms with E-state index in [0.717, 1.165) is 6.42 Å². The Morgan fingerprint density at radius 1 is 0.667 bits per heavy atom. The van der Waals surface area contributed by atoms with E-state index in [1.165, 1.54) is 22.3 Å². The zero-order valence-electron chi connectivity index (χ0n) is 12.4. The lowest BCUT2D eigenvalue weighted by Gasteiger charge is -2.17. The maximum Gasteiger partial charge on any atom is -0.0144 e. The molecule has 0 nitrogen and oxygen atoms in total. The lowest BCUT2D eigenvalue weighted by molar-refractivity contribution is 0.761. The van der Waals surface area contributed by atoms with E-state index in [1.807, 2.05) is 0 Å². The van der Waals surface area contributed by atoms with Gasteiger partial charge in [0.15, 0.2) is 0 Å². The molecule has 0 spiro atoms. The van der Waals surface area contributed by atoms with Gasteiger partial charge in [-0.3, -0.25) is 0 Å². The third-order valence-electron chi connectivity index (χ3n) is 3.96. The van der Waals surface area contributed by atoms with Crippen molar-refractivity contribution < 1.29 is 0 Å². The van der Waals surface area contributed by atoms with Crippen molar-refractivity contribution in [1.82, 2.24) is 0 Å². The smallest absolute Gasteiger partial charge is 0.0144 e. The second kappa shape index (κ2) is 6.41. The van der Waals surface area contributed by atoms with Gasteiger partial charge >= 0.3 is 0 Å². The predicted molar refractivity (Wildman–Crippen MR) is 90.4 cm³/mol.